The molecule has 35 heavy (non-hydrogen) atoms. The summed E-state index contributed by atoms with van der Waals surface area (Å²) in [6.45, 7) is 6.35. The third-order valence-corrected chi connectivity index (χ3v) is 5.96. The van der Waals surface area contributed by atoms with Crippen molar-refractivity contribution in [3.05, 3.63) is 31.5 Å². The van der Waals surface area contributed by atoms with Crippen LogP contribution in [-0.4, -0.2) is 51.0 Å². The Balaban J connectivity index is 2.51. The second kappa shape index (κ2) is 16.9. The zero-order valence-corrected chi connectivity index (χ0v) is 21.3. The summed E-state index contributed by atoms with van der Waals surface area (Å²) < 4.78 is 11.8. The van der Waals surface area contributed by atoms with Crippen molar-refractivity contribution in [1.29, 1.82) is 0 Å². The van der Waals surface area contributed by atoms with E-state index in [1.54, 1.807) is 0 Å². The number of H-pyrrole nitrogens is 1. The molecule has 1 aromatic rings. The van der Waals surface area contributed by atoms with Crippen molar-refractivity contribution in [2.75, 3.05) is 19.8 Å². The first-order chi connectivity index (χ1) is 16.7. The van der Waals surface area contributed by atoms with E-state index in [2.05, 4.69) is 13.8 Å². The molecule has 0 amide bonds. The lowest BCUT2D eigenvalue weighted by molar-refractivity contribution is -0.144. The lowest BCUT2D eigenvalue weighted by Gasteiger charge is -2.10. The Bertz CT molecular complexity index is 878. The van der Waals surface area contributed by atoms with Crippen LogP contribution in [0.4, 0.5) is 0 Å². The van der Waals surface area contributed by atoms with Crippen LogP contribution in [0.1, 0.15) is 78.6 Å². The van der Waals surface area contributed by atoms with Gasteiger partial charge in [0.2, 0.25) is 0 Å². The van der Waals surface area contributed by atoms with Gasteiger partial charge >= 0.3 is 29.0 Å². The quantitative estimate of drug-likeness (QED) is 0.228. The molecule has 0 aromatic carbocycles. The van der Waals surface area contributed by atoms with Crippen molar-refractivity contribution < 1.29 is 24.2 Å². The summed E-state index contributed by atoms with van der Waals surface area (Å²) >= 11 is 0. The van der Waals surface area contributed by atoms with Gasteiger partial charge in [0.15, 0.2) is 0 Å². The molecule has 0 saturated carbocycles. The van der Waals surface area contributed by atoms with E-state index in [1.165, 1.54) is 0 Å². The van der Waals surface area contributed by atoms with Gasteiger partial charge in [-0.05, 0) is 43.9 Å². The number of rotatable bonds is 18. The summed E-state index contributed by atoms with van der Waals surface area (Å²) in [5.41, 5.74) is -2.74. The van der Waals surface area contributed by atoms with Crippen LogP contribution in [0.15, 0.2) is 14.4 Å². The normalized spacial score (nSPS) is 12.8. The molecule has 2 unspecified atom stereocenters. The second-order valence-electron chi connectivity index (χ2n) is 9.05. The van der Waals surface area contributed by atoms with Crippen molar-refractivity contribution in [2.24, 2.45) is 11.8 Å². The molecule has 200 valence electrons. The molecule has 1 aromatic heterocycles. The minimum atomic E-state index is -0.925. The van der Waals surface area contributed by atoms with Crippen molar-refractivity contribution >= 4 is 11.9 Å². The molecule has 1 heterocycles. The highest BCUT2D eigenvalue weighted by atomic mass is 16.5. The predicted molar refractivity (Wildman–Crippen MR) is 130 cm³/mol. The van der Waals surface area contributed by atoms with Gasteiger partial charge in [0, 0.05) is 19.7 Å². The van der Waals surface area contributed by atoms with Gasteiger partial charge in [-0.3, -0.25) is 14.6 Å². The number of aromatic amines is 1. The first-order valence-electron chi connectivity index (χ1n) is 12.6. The van der Waals surface area contributed by atoms with Gasteiger partial charge in [-0.1, -0.05) is 33.6 Å². The van der Waals surface area contributed by atoms with Gasteiger partial charge in [-0.15, -0.1) is 0 Å². The molecular formula is C24H41N3O8. The number of carbonyl (C=O) groups excluding carboxylic acids is 2. The molecule has 0 spiro atoms. The average Bonchev–Trinajstić information content (AvgIpc) is 2.82. The maximum atomic E-state index is 12.6. The SMILES string of the molecule is CCC(C)CCCCOC(=O)CCn1c(=O)[nH]c(=O)n(CCC(=O)OCCCCC(C)CO)c1=O. The van der Waals surface area contributed by atoms with E-state index in [9.17, 15) is 24.0 Å². The van der Waals surface area contributed by atoms with Crippen LogP contribution in [0.3, 0.4) is 0 Å². The smallest absolute Gasteiger partial charge is 0.336 e. The van der Waals surface area contributed by atoms with Crippen LogP contribution in [-0.2, 0) is 32.2 Å². The van der Waals surface area contributed by atoms with E-state index in [1.807, 2.05) is 11.9 Å². The average molecular weight is 500 g/mol. The highest BCUT2D eigenvalue weighted by Crippen LogP contribution is 2.11. The second-order valence-corrected chi connectivity index (χ2v) is 9.05. The number of carbonyl (C=O) groups is 2. The maximum Gasteiger partial charge on any atom is 0.336 e. The fraction of sp³-hybridized carbons (Fsp3) is 0.792. The minimum absolute atomic E-state index is 0.116. The molecular weight excluding hydrogens is 458 g/mol. The van der Waals surface area contributed by atoms with Crippen molar-refractivity contribution in [3.8, 4) is 0 Å². The first-order valence-corrected chi connectivity index (χ1v) is 12.6. The zero-order chi connectivity index (χ0) is 26.2. The van der Waals surface area contributed by atoms with Crippen molar-refractivity contribution in [1.82, 2.24) is 14.1 Å². The molecule has 2 N–H and O–H groups in total. The Hall–Kier alpha value is -2.69. The Morgan fingerprint density at radius 3 is 1.71 bits per heavy atom. The lowest BCUT2D eigenvalue weighted by atomic mass is 10.0. The monoisotopic (exact) mass is 499 g/mol. The van der Waals surface area contributed by atoms with Crippen molar-refractivity contribution in [3.63, 3.8) is 0 Å². The molecule has 0 aliphatic heterocycles. The highest BCUT2D eigenvalue weighted by Gasteiger charge is 2.14. The topological polar surface area (TPSA) is 150 Å². The number of aliphatic hydroxyl groups excluding tert-OH is 1. The Morgan fingerprint density at radius 1 is 0.829 bits per heavy atom. The third-order valence-electron chi connectivity index (χ3n) is 5.96. The summed E-state index contributed by atoms with van der Waals surface area (Å²) in [6, 6.07) is 0. The number of ether oxygens (including phenoxy) is 2. The van der Waals surface area contributed by atoms with E-state index in [4.69, 9.17) is 14.6 Å². The number of esters is 2. The van der Waals surface area contributed by atoms with Gasteiger partial charge in [-0.2, -0.15) is 0 Å². The van der Waals surface area contributed by atoms with Gasteiger partial charge in [0.05, 0.1) is 26.1 Å². The van der Waals surface area contributed by atoms with Crippen LogP contribution < -0.4 is 17.1 Å². The fourth-order valence-corrected chi connectivity index (χ4v) is 3.35. The van der Waals surface area contributed by atoms with Gasteiger partial charge in [0.1, 0.15) is 0 Å². The van der Waals surface area contributed by atoms with Crippen LogP contribution in [0, 0.1) is 11.8 Å². The largest absolute Gasteiger partial charge is 0.466 e. The molecule has 0 aliphatic rings. The molecule has 0 bridgehead atoms. The molecule has 11 heteroatoms. The van der Waals surface area contributed by atoms with Gasteiger partial charge in [-0.25, -0.2) is 23.5 Å². The summed E-state index contributed by atoms with van der Waals surface area (Å²) in [6.07, 6.45) is 5.75. The number of aromatic nitrogens is 3. The fourth-order valence-electron chi connectivity index (χ4n) is 3.35. The van der Waals surface area contributed by atoms with Gasteiger partial charge in [0.25, 0.3) is 0 Å². The Kier molecular flexibility index (Phi) is 14.6. The Morgan fingerprint density at radius 2 is 1.29 bits per heavy atom. The summed E-state index contributed by atoms with van der Waals surface area (Å²) in [5, 5.41) is 8.99. The van der Waals surface area contributed by atoms with E-state index in [0.29, 0.717) is 12.3 Å². The van der Waals surface area contributed by atoms with Gasteiger partial charge < -0.3 is 14.6 Å². The number of nitrogens with zero attached hydrogens (tertiary/aromatic N) is 2. The van der Waals surface area contributed by atoms with E-state index < -0.39 is 29.0 Å². The molecule has 1 rings (SSSR count). The maximum absolute atomic E-state index is 12.6. The first kappa shape index (κ1) is 30.3. The molecule has 11 nitrogen and oxygen atoms in total. The summed E-state index contributed by atoms with van der Waals surface area (Å²) in [7, 11) is 0. The van der Waals surface area contributed by atoms with Crippen molar-refractivity contribution in [2.45, 2.75) is 91.6 Å². The van der Waals surface area contributed by atoms with E-state index >= 15 is 0 Å². The van der Waals surface area contributed by atoms with Crippen LogP contribution in [0.5, 0.6) is 0 Å². The summed E-state index contributed by atoms with van der Waals surface area (Å²) in [4.78, 5) is 62.7. The van der Waals surface area contributed by atoms with E-state index in [-0.39, 0.29) is 51.7 Å². The number of nitrogens with one attached hydrogen (secondary N) is 1. The minimum Gasteiger partial charge on any atom is -0.466 e. The zero-order valence-electron chi connectivity index (χ0n) is 21.3. The standard InChI is InChI=1S/C24H41N3O8/c1-4-18(2)9-5-7-15-34-20(29)11-13-26-22(31)25-23(32)27(24(26)33)14-12-21(30)35-16-8-6-10-19(3)17-28/h18-19,28H,4-17H2,1-3H3,(H,25,31,32). The lowest BCUT2D eigenvalue weighted by Crippen LogP contribution is -2.49. The van der Waals surface area contributed by atoms with Crippen LogP contribution >= 0.6 is 0 Å². The third kappa shape index (κ3) is 12.0. The van der Waals surface area contributed by atoms with Crippen LogP contribution in [0.2, 0.25) is 0 Å². The number of hydrogen-bond donors (Lipinski definition) is 2. The highest BCUT2D eigenvalue weighted by molar-refractivity contribution is 5.69. The number of aliphatic hydroxyl groups is 1. The molecule has 0 aliphatic carbocycles. The molecule has 0 saturated heterocycles. The molecule has 0 fully saturated rings. The molecule has 0 radical (unpaired) electrons. The van der Waals surface area contributed by atoms with Crippen LogP contribution in [0.25, 0.3) is 0 Å². The predicted octanol–water partition coefficient (Wildman–Crippen LogP) is 1.58. The number of unbranched alkanes of at least 4 members (excludes halogenated alkanes) is 2. The Labute approximate surface area is 205 Å². The number of hydrogen-bond acceptors (Lipinski definition) is 8. The van der Waals surface area contributed by atoms with E-state index in [0.717, 1.165) is 47.7 Å². The summed E-state index contributed by atoms with van der Waals surface area (Å²) in [5.74, 6) is -0.273. The molecule has 2 atom stereocenters.